The second kappa shape index (κ2) is 3.97. The molecule has 0 amide bonds. The van der Waals surface area contributed by atoms with Crippen LogP contribution in [0.1, 0.15) is 0 Å². The summed E-state index contributed by atoms with van der Waals surface area (Å²) in [7, 11) is 1.49. The lowest BCUT2D eigenvalue weighted by Gasteiger charge is -2.04. The average Bonchev–Trinajstić information content (AvgIpc) is 2.09. The van der Waals surface area contributed by atoms with Gasteiger partial charge in [-0.15, -0.1) is 12.6 Å². The topological polar surface area (TPSA) is 52.4 Å². The molecule has 0 bridgehead atoms. The Hall–Kier alpha value is -0.750. The highest BCUT2D eigenvalue weighted by atomic mass is 79.9. The summed E-state index contributed by atoms with van der Waals surface area (Å²) in [5, 5.41) is 10.5. The van der Waals surface area contributed by atoms with E-state index in [1.165, 1.54) is 19.2 Å². The molecule has 0 aliphatic rings. The van der Waals surface area contributed by atoms with Gasteiger partial charge in [-0.05, 0) is 22.0 Å². The van der Waals surface area contributed by atoms with Gasteiger partial charge in [0.05, 0.1) is 16.5 Å². The van der Waals surface area contributed by atoms with Crippen molar-refractivity contribution in [3.05, 3.63) is 26.7 Å². The molecule has 1 rings (SSSR count). The summed E-state index contributed by atoms with van der Waals surface area (Å²) >= 11 is 7.16. The monoisotopic (exact) mass is 263 g/mol. The maximum Gasteiger partial charge on any atom is 0.284 e. The van der Waals surface area contributed by atoms with Gasteiger partial charge in [0.25, 0.3) is 5.69 Å². The first kappa shape index (κ1) is 10.3. The van der Waals surface area contributed by atoms with Gasteiger partial charge in [-0.2, -0.15) is 0 Å². The number of benzene rings is 1. The van der Waals surface area contributed by atoms with Crippen LogP contribution in [-0.2, 0) is 0 Å². The first-order chi connectivity index (χ1) is 6.07. The molecule has 0 aliphatic heterocycles. The van der Waals surface area contributed by atoms with E-state index in [-0.39, 0.29) is 10.6 Å². The molecule has 0 heterocycles. The highest BCUT2D eigenvalue weighted by Crippen LogP contribution is 2.37. The Kier molecular flexibility index (Phi) is 3.16. The summed E-state index contributed by atoms with van der Waals surface area (Å²) < 4.78 is 5.44. The van der Waals surface area contributed by atoms with Crippen LogP contribution >= 0.6 is 28.6 Å². The molecule has 70 valence electrons. The molecule has 0 spiro atoms. The van der Waals surface area contributed by atoms with Crippen molar-refractivity contribution in [2.24, 2.45) is 0 Å². The third-order valence-electron chi connectivity index (χ3n) is 1.48. The Morgan fingerprint density at radius 3 is 2.69 bits per heavy atom. The minimum absolute atomic E-state index is 0.0454. The normalized spacial score (nSPS) is 9.77. The zero-order chi connectivity index (χ0) is 10.0. The van der Waals surface area contributed by atoms with Gasteiger partial charge in [0.15, 0.2) is 0 Å². The third-order valence-corrected chi connectivity index (χ3v) is 3.02. The van der Waals surface area contributed by atoms with Crippen LogP contribution in [0.5, 0.6) is 5.75 Å². The fourth-order valence-electron chi connectivity index (χ4n) is 0.841. The minimum atomic E-state index is -0.494. The Bertz CT molecular complexity index is 356. The Labute approximate surface area is 88.6 Å². The molecular formula is C7H6BrNO3S. The molecule has 0 N–H and O–H groups in total. The summed E-state index contributed by atoms with van der Waals surface area (Å²) in [6, 6.07) is 2.87. The summed E-state index contributed by atoms with van der Waals surface area (Å²) in [6.07, 6.45) is 0. The molecule has 0 atom stereocenters. The first-order valence-corrected chi connectivity index (χ1v) is 4.51. The van der Waals surface area contributed by atoms with Gasteiger partial charge in [-0.1, -0.05) is 0 Å². The molecule has 1 aromatic rings. The van der Waals surface area contributed by atoms with E-state index in [0.29, 0.717) is 10.2 Å². The van der Waals surface area contributed by atoms with Crippen LogP contribution in [-0.4, -0.2) is 12.0 Å². The molecule has 0 aliphatic carbocycles. The number of methoxy groups -OCH3 is 1. The number of ether oxygens (including phenoxy) is 1. The van der Waals surface area contributed by atoms with Crippen LogP contribution in [0.15, 0.2) is 21.5 Å². The maximum absolute atomic E-state index is 10.5. The minimum Gasteiger partial charge on any atom is -0.496 e. The average molecular weight is 264 g/mol. The van der Waals surface area contributed by atoms with Crippen molar-refractivity contribution in [2.75, 3.05) is 7.11 Å². The van der Waals surface area contributed by atoms with Gasteiger partial charge in [-0.25, -0.2) is 0 Å². The van der Waals surface area contributed by atoms with Crippen molar-refractivity contribution in [1.29, 1.82) is 0 Å². The Morgan fingerprint density at radius 1 is 1.62 bits per heavy atom. The van der Waals surface area contributed by atoms with Gasteiger partial charge >= 0.3 is 0 Å². The summed E-state index contributed by atoms with van der Waals surface area (Å²) in [5.41, 5.74) is -0.0454. The maximum atomic E-state index is 10.5. The van der Waals surface area contributed by atoms with Crippen molar-refractivity contribution in [1.82, 2.24) is 0 Å². The van der Waals surface area contributed by atoms with Crippen molar-refractivity contribution >= 4 is 34.2 Å². The Balaban J connectivity index is 3.31. The van der Waals surface area contributed by atoms with Crippen molar-refractivity contribution in [2.45, 2.75) is 4.90 Å². The van der Waals surface area contributed by atoms with E-state index in [4.69, 9.17) is 4.74 Å². The fraction of sp³-hybridized carbons (Fsp3) is 0.143. The number of nitrogens with zero attached hydrogens (tertiary/aromatic N) is 1. The van der Waals surface area contributed by atoms with Crippen LogP contribution in [0.4, 0.5) is 5.69 Å². The van der Waals surface area contributed by atoms with Crippen LogP contribution in [0.2, 0.25) is 0 Å². The van der Waals surface area contributed by atoms with Crippen molar-refractivity contribution in [3.63, 3.8) is 0 Å². The number of nitro benzene ring substituents is 1. The second-order valence-corrected chi connectivity index (χ2v) is 3.45. The molecule has 1 aromatic carbocycles. The van der Waals surface area contributed by atoms with E-state index in [2.05, 4.69) is 28.6 Å². The lowest BCUT2D eigenvalue weighted by molar-refractivity contribution is -0.387. The summed E-state index contributed by atoms with van der Waals surface area (Å²) in [6.45, 7) is 0. The van der Waals surface area contributed by atoms with Crippen LogP contribution in [0, 0.1) is 10.1 Å². The van der Waals surface area contributed by atoms with Gasteiger partial charge in [-0.3, -0.25) is 10.1 Å². The molecular weight excluding hydrogens is 258 g/mol. The number of thiol groups is 1. The third kappa shape index (κ3) is 1.94. The Morgan fingerprint density at radius 2 is 2.23 bits per heavy atom. The second-order valence-electron chi connectivity index (χ2n) is 2.21. The van der Waals surface area contributed by atoms with Gasteiger partial charge in [0.1, 0.15) is 10.6 Å². The predicted octanol–water partition coefficient (Wildman–Crippen LogP) is 2.65. The van der Waals surface area contributed by atoms with Crippen LogP contribution in [0.3, 0.4) is 0 Å². The smallest absolute Gasteiger partial charge is 0.284 e. The lowest BCUT2D eigenvalue weighted by Crippen LogP contribution is -1.92. The molecule has 4 nitrogen and oxygen atoms in total. The zero-order valence-corrected chi connectivity index (χ0v) is 9.13. The van der Waals surface area contributed by atoms with Crippen LogP contribution < -0.4 is 4.74 Å². The summed E-state index contributed by atoms with van der Waals surface area (Å²) in [4.78, 5) is 10.2. The lowest BCUT2D eigenvalue weighted by atomic mass is 10.3. The van der Waals surface area contributed by atoms with E-state index < -0.39 is 4.92 Å². The predicted molar refractivity (Wildman–Crippen MR) is 54.6 cm³/mol. The van der Waals surface area contributed by atoms with E-state index in [0.717, 1.165) is 0 Å². The van der Waals surface area contributed by atoms with Crippen molar-refractivity contribution in [3.8, 4) is 5.75 Å². The number of hydrogen-bond donors (Lipinski definition) is 1. The van der Waals surface area contributed by atoms with Gasteiger partial charge in [0.2, 0.25) is 0 Å². The molecule has 0 saturated heterocycles. The summed E-state index contributed by atoms with van der Waals surface area (Å²) in [5.74, 6) is 0.524. The molecule has 6 heteroatoms. The standard InChI is InChI=1S/C7H6BrNO3S/c1-12-5-3-2-4(9(10)11)7(13)6(5)8/h2-3,13H,1H3. The van der Waals surface area contributed by atoms with Gasteiger partial charge in [0, 0.05) is 6.07 Å². The largest absolute Gasteiger partial charge is 0.496 e. The van der Waals surface area contributed by atoms with Crippen molar-refractivity contribution < 1.29 is 9.66 Å². The molecule has 0 radical (unpaired) electrons. The quantitative estimate of drug-likeness (QED) is 0.507. The first-order valence-electron chi connectivity index (χ1n) is 3.27. The zero-order valence-electron chi connectivity index (χ0n) is 6.65. The number of hydrogen-bond acceptors (Lipinski definition) is 4. The van der Waals surface area contributed by atoms with Crippen LogP contribution in [0.25, 0.3) is 0 Å². The molecule has 0 unspecified atom stereocenters. The molecule has 13 heavy (non-hydrogen) atoms. The number of halogens is 1. The fourth-order valence-corrected chi connectivity index (χ4v) is 1.60. The number of nitro groups is 1. The van der Waals surface area contributed by atoms with E-state index in [1.54, 1.807) is 0 Å². The van der Waals surface area contributed by atoms with E-state index >= 15 is 0 Å². The van der Waals surface area contributed by atoms with Gasteiger partial charge < -0.3 is 4.74 Å². The highest BCUT2D eigenvalue weighted by molar-refractivity contribution is 9.10. The van der Waals surface area contributed by atoms with E-state index in [1.807, 2.05) is 0 Å². The van der Waals surface area contributed by atoms with E-state index in [9.17, 15) is 10.1 Å². The molecule has 0 aromatic heterocycles. The SMILES string of the molecule is COc1ccc([N+](=O)[O-])c(S)c1Br. The number of rotatable bonds is 2. The highest BCUT2D eigenvalue weighted by Gasteiger charge is 2.16. The molecule has 0 fully saturated rings. The molecule has 0 saturated carbocycles.